The van der Waals surface area contributed by atoms with Crippen molar-refractivity contribution in [2.24, 2.45) is 5.92 Å². The second-order valence-electron chi connectivity index (χ2n) is 6.48. The molecule has 1 fully saturated rings. The van der Waals surface area contributed by atoms with E-state index in [1.807, 2.05) is 12.1 Å². The first-order valence-corrected chi connectivity index (χ1v) is 8.79. The van der Waals surface area contributed by atoms with E-state index in [1.54, 1.807) is 0 Å². The molecule has 0 bridgehead atoms. The molecular weight excluding hydrogens is 286 g/mol. The SMILES string of the molecule is CC1CCCN(CCNCc2cccc(OCCCC#N)c2)C1. The van der Waals surface area contributed by atoms with Gasteiger partial charge in [-0.25, -0.2) is 0 Å². The van der Waals surface area contributed by atoms with Crippen molar-refractivity contribution in [1.29, 1.82) is 5.26 Å². The highest BCUT2D eigenvalue weighted by Gasteiger charge is 2.15. The maximum atomic E-state index is 8.52. The molecule has 126 valence electrons. The lowest BCUT2D eigenvalue weighted by Crippen LogP contribution is -2.38. The lowest BCUT2D eigenvalue weighted by molar-refractivity contribution is 0.184. The molecule has 0 saturated carbocycles. The van der Waals surface area contributed by atoms with E-state index in [4.69, 9.17) is 10.00 Å². The Kier molecular flexibility index (Phi) is 7.92. The zero-order valence-corrected chi connectivity index (χ0v) is 14.3. The van der Waals surface area contributed by atoms with E-state index < -0.39 is 0 Å². The van der Waals surface area contributed by atoms with E-state index in [9.17, 15) is 0 Å². The normalized spacial score (nSPS) is 18.5. The number of benzene rings is 1. The van der Waals surface area contributed by atoms with Crippen LogP contribution in [0.2, 0.25) is 0 Å². The van der Waals surface area contributed by atoms with Gasteiger partial charge in [-0.2, -0.15) is 5.26 Å². The molecule has 0 aliphatic carbocycles. The van der Waals surface area contributed by atoms with Crippen LogP contribution in [0.1, 0.15) is 38.2 Å². The highest BCUT2D eigenvalue weighted by atomic mass is 16.5. The van der Waals surface area contributed by atoms with Crippen LogP contribution in [0.4, 0.5) is 0 Å². The Balaban J connectivity index is 1.64. The van der Waals surface area contributed by atoms with Crippen LogP contribution in [0.15, 0.2) is 24.3 Å². The van der Waals surface area contributed by atoms with E-state index in [0.29, 0.717) is 13.0 Å². The monoisotopic (exact) mass is 315 g/mol. The topological polar surface area (TPSA) is 48.3 Å². The number of piperidine rings is 1. The number of hydrogen-bond acceptors (Lipinski definition) is 4. The van der Waals surface area contributed by atoms with Gasteiger partial charge in [0.25, 0.3) is 0 Å². The minimum absolute atomic E-state index is 0.552. The van der Waals surface area contributed by atoms with Crippen molar-refractivity contribution in [1.82, 2.24) is 10.2 Å². The molecule has 1 aliphatic rings. The summed E-state index contributed by atoms with van der Waals surface area (Å²) in [6.45, 7) is 8.48. The third-order valence-corrected chi connectivity index (χ3v) is 4.28. The summed E-state index contributed by atoms with van der Waals surface area (Å²) in [7, 11) is 0. The maximum absolute atomic E-state index is 8.52. The van der Waals surface area contributed by atoms with Gasteiger partial charge in [0.15, 0.2) is 0 Å². The van der Waals surface area contributed by atoms with Crippen molar-refractivity contribution >= 4 is 0 Å². The number of unbranched alkanes of at least 4 members (excludes halogenated alkanes) is 1. The standard InChI is InChI=1S/C19H29N3O/c1-17-6-5-11-22(16-17)12-10-21-15-18-7-4-8-19(14-18)23-13-3-2-9-20/h4,7-8,14,17,21H,2-3,5-6,10-13,15-16H2,1H3. The molecule has 1 aromatic rings. The van der Waals surface area contributed by atoms with Crippen LogP contribution in [0.3, 0.4) is 0 Å². The zero-order chi connectivity index (χ0) is 16.3. The average molecular weight is 315 g/mol. The number of nitrogens with zero attached hydrogens (tertiary/aromatic N) is 2. The van der Waals surface area contributed by atoms with Crippen LogP contribution in [0, 0.1) is 17.2 Å². The first-order valence-electron chi connectivity index (χ1n) is 8.79. The number of nitriles is 1. The number of rotatable bonds is 9. The molecule has 23 heavy (non-hydrogen) atoms. The van der Waals surface area contributed by atoms with Crippen molar-refractivity contribution in [2.75, 3.05) is 32.8 Å². The number of hydrogen-bond donors (Lipinski definition) is 1. The lowest BCUT2D eigenvalue weighted by atomic mass is 10.0. The molecule has 0 radical (unpaired) electrons. The average Bonchev–Trinajstić information content (AvgIpc) is 2.56. The van der Waals surface area contributed by atoms with E-state index in [0.717, 1.165) is 37.7 Å². The quantitative estimate of drug-likeness (QED) is 0.711. The van der Waals surface area contributed by atoms with Gasteiger partial charge in [0.05, 0.1) is 12.7 Å². The van der Waals surface area contributed by atoms with Crippen molar-refractivity contribution < 1.29 is 4.74 Å². The summed E-state index contributed by atoms with van der Waals surface area (Å²) in [5.41, 5.74) is 1.25. The molecular formula is C19H29N3O. The van der Waals surface area contributed by atoms with Gasteiger partial charge in [-0.3, -0.25) is 0 Å². The smallest absolute Gasteiger partial charge is 0.119 e. The molecule has 4 nitrogen and oxygen atoms in total. The van der Waals surface area contributed by atoms with Gasteiger partial charge < -0.3 is 15.0 Å². The van der Waals surface area contributed by atoms with Crippen molar-refractivity contribution in [3.63, 3.8) is 0 Å². The molecule has 0 spiro atoms. The minimum atomic E-state index is 0.552. The summed E-state index contributed by atoms with van der Waals surface area (Å²) in [4.78, 5) is 2.57. The highest BCUT2D eigenvalue weighted by molar-refractivity contribution is 5.28. The van der Waals surface area contributed by atoms with E-state index in [2.05, 4.69) is 35.3 Å². The number of likely N-dealkylation sites (tertiary alicyclic amines) is 1. The minimum Gasteiger partial charge on any atom is -0.494 e. The van der Waals surface area contributed by atoms with E-state index in [-0.39, 0.29) is 0 Å². The Labute approximate surface area is 140 Å². The van der Waals surface area contributed by atoms with Gasteiger partial charge in [0, 0.05) is 32.6 Å². The summed E-state index contributed by atoms with van der Waals surface area (Å²) in [6, 6.07) is 10.4. The summed E-state index contributed by atoms with van der Waals surface area (Å²) in [6.07, 6.45) is 4.06. The van der Waals surface area contributed by atoms with Gasteiger partial charge in [-0.1, -0.05) is 19.1 Å². The second-order valence-corrected chi connectivity index (χ2v) is 6.48. The van der Waals surface area contributed by atoms with Crippen LogP contribution in [0.25, 0.3) is 0 Å². The molecule has 1 N–H and O–H groups in total. The second kappa shape index (κ2) is 10.3. The molecule has 0 aromatic heterocycles. The fourth-order valence-electron chi connectivity index (χ4n) is 3.05. The third-order valence-electron chi connectivity index (χ3n) is 4.28. The first-order chi connectivity index (χ1) is 11.3. The summed E-state index contributed by atoms with van der Waals surface area (Å²) >= 11 is 0. The predicted octanol–water partition coefficient (Wildman–Crippen LogP) is 3.19. The molecule has 1 aromatic carbocycles. The molecule has 4 heteroatoms. The van der Waals surface area contributed by atoms with Crippen molar-refractivity contribution in [3.8, 4) is 11.8 Å². The molecule has 1 atom stereocenters. The van der Waals surface area contributed by atoms with Crippen LogP contribution in [0.5, 0.6) is 5.75 Å². The van der Waals surface area contributed by atoms with Crippen LogP contribution in [-0.4, -0.2) is 37.7 Å². The van der Waals surface area contributed by atoms with Gasteiger partial charge in [-0.15, -0.1) is 0 Å². The largest absolute Gasteiger partial charge is 0.494 e. The number of nitrogens with one attached hydrogen (secondary N) is 1. The number of ether oxygens (including phenoxy) is 1. The Morgan fingerprint density at radius 3 is 3.17 bits per heavy atom. The zero-order valence-electron chi connectivity index (χ0n) is 14.3. The third kappa shape index (κ3) is 7.02. The van der Waals surface area contributed by atoms with Gasteiger partial charge in [0.2, 0.25) is 0 Å². The molecule has 1 heterocycles. The highest BCUT2D eigenvalue weighted by Crippen LogP contribution is 2.15. The molecule has 0 amide bonds. The molecule has 1 unspecified atom stereocenters. The van der Waals surface area contributed by atoms with Gasteiger partial charge in [0.1, 0.15) is 5.75 Å². The summed E-state index contributed by atoms with van der Waals surface area (Å²) in [5.74, 6) is 1.74. The van der Waals surface area contributed by atoms with Crippen LogP contribution >= 0.6 is 0 Å². The molecule has 2 rings (SSSR count). The molecule has 1 saturated heterocycles. The van der Waals surface area contributed by atoms with E-state index in [1.165, 1.54) is 31.5 Å². The molecule has 1 aliphatic heterocycles. The van der Waals surface area contributed by atoms with Gasteiger partial charge in [-0.05, 0) is 49.4 Å². The Bertz CT molecular complexity index is 498. The van der Waals surface area contributed by atoms with Crippen LogP contribution in [-0.2, 0) is 6.54 Å². The first kappa shape index (κ1) is 17.8. The fourth-order valence-corrected chi connectivity index (χ4v) is 3.05. The summed E-state index contributed by atoms with van der Waals surface area (Å²) < 4.78 is 5.67. The summed E-state index contributed by atoms with van der Waals surface area (Å²) in [5, 5.41) is 12.0. The van der Waals surface area contributed by atoms with E-state index >= 15 is 0 Å². The van der Waals surface area contributed by atoms with Crippen molar-refractivity contribution in [2.45, 2.75) is 39.2 Å². The van der Waals surface area contributed by atoms with Gasteiger partial charge >= 0.3 is 0 Å². The van der Waals surface area contributed by atoms with Crippen molar-refractivity contribution in [3.05, 3.63) is 29.8 Å². The van der Waals surface area contributed by atoms with Crippen LogP contribution < -0.4 is 10.1 Å². The lowest BCUT2D eigenvalue weighted by Gasteiger charge is -2.30. The fraction of sp³-hybridized carbons (Fsp3) is 0.632. The Hall–Kier alpha value is -1.57. The predicted molar refractivity (Wildman–Crippen MR) is 93.3 cm³/mol. The Morgan fingerprint density at radius 1 is 1.43 bits per heavy atom. The maximum Gasteiger partial charge on any atom is 0.119 e. The Morgan fingerprint density at radius 2 is 2.35 bits per heavy atom.